The third-order valence-corrected chi connectivity index (χ3v) is 9.98. The molecular weight excluding hydrogens is 755 g/mol. The van der Waals surface area contributed by atoms with Gasteiger partial charge in [0, 0.05) is 35.9 Å². The third-order valence-electron chi connectivity index (χ3n) is 9.98. The molecule has 1 aliphatic heterocycles. The summed E-state index contributed by atoms with van der Waals surface area (Å²) in [4.78, 5) is 39.8. The Kier molecular flexibility index (Phi) is 12.1. The van der Waals surface area contributed by atoms with Crippen LogP contribution in [-0.2, 0) is 54.7 Å². The second-order valence-corrected chi connectivity index (χ2v) is 14.4. The van der Waals surface area contributed by atoms with Gasteiger partial charge in [-0.25, -0.2) is 8.78 Å². The first-order chi connectivity index (χ1) is 27.9. The second kappa shape index (κ2) is 17.5. The molecule has 0 bridgehead atoms. The van der Waals surface area contributed by atoms with Gasteiger partial charge in [-0.05, 0) is 110 Å². The number of hydrogen-bond donors (Lipinski definition) is 2. The van der Waals surface area contributed by atoms with E-state index in [1.807, 2.05) is 13.0 Å². The highest BCUT2D eigenvalue weighted by molar-refractivity contribution is 5.97. The van der Waals surface area contributed by atoms with Gasteiger partial charge in [-0.15, -0.1) is 0 Å². The topological polar surface area (TPSA) is 147 Å². The molecule has 2 aliphatic rings. The Morgan fingerprint density at radius 2 is 1.66 bits per heavy atom. The molecule has 2 amide bonds. The molecule has 0 radical (unpaired) electrons. The van der Waals surface area contributed by atoms with Gasteiger partial charge in [0.05, 0.1) is 35.3 Å². The van der Waals surface area contributed by atoms with E-state index in [-0.39, 0.29) is 35.8 Å². The zero-order valence-corrected chi connectivity index (χ0v) is 31.6. The Hall–Kier alpha value is -6.22. The van der Waals surface area contributed by atoms with Crippen molar-refractivity contribution in [3.05, 3.63) is 148 Å². The Morgan fingerprint density at radius 3 is 2.34 bits per heavy atom. The standard InChI is InChI=1S/C43H41F4N7O4/c1-26-16-34(28-12-13-38(35(20-28)42(48)56)57-24-31-8-4-6-14-49-31)40(51-22-26)36(19-27-17-29(44)21-30(45)18-27)52-39(55)23-54-37-11-3-2-10-33(37)41(53-54)43(46,47)58-25-32-9-5-7-15-50-32/h4-9,12-15,17-18,20-22,26,36H,2-3,10-11,16,19,23-25H2,1H3,(H2,48,56)(H,52,55)/t26?,36-/m0/s1. The number of carbonyl (C=O) groups is 2. The van der Waals surface area contributed by atoms with Crippen molar-refractivity contribution in [3.63, 3.8) is 0 Å². The number of allylic oxidation sites excluding steroid dienone is 1. The van der Waals surface area contributed by atoms with E-state index in [1.165, 1.54) is 23.0 Å². The van der Waals surface area contributed by atoms with E-state index in [0.717, 1.165) is 12.5 Å². The van der Waals surface area contributed by atoms with E-state index in [9.17, 15) is 18.4 Å². The number of alkyl halides is 2. The molecule has 15 heteroatoms. The van der Waals surface area contributed by atoms with Crippen LogP contribution in [-0.4, -0.2) is 43.8 Å². The summed E-state index contributed by atoms with van der Waals surface area (Å²) in [5.74, 6) is -2.75. The number of pyridine rings is 2. The van der Waals surface area contributed by atoms with Crippen molar-refractivity contribution in [2.24, 2.45) is 16.6 Å². The first-order valence-corrected chi connectivity index (χ1v) is 18.9. The summed E-state index contributed by atoms with van der Waals surface area (Å²) in [6.07, 6.45) is 3.57. The van der Waals surface area contributed by atoms with E-state index < -0.39 is 54.4 Å². The molecular formula is C43H41F4N7O4. The van der Waals surface area contributed by atoms with E-state index in [0.29, 0.717) is 65.2 Å². The van der Waals surface area contributed by atoms with Gasteiger partial charge in [0.1, 0.15) is 30.5 Å². The van der Waals surface area contributed by atoms with Gasteiger partial charge in [-0.2, -0.15) is 13.9 Å². The molecule has 1 unspecified atom stereocenters. The van der Waals surface area contributed by atoms with Crippen LogP contribution in [0.5, 0.6) is 5.75 Å². The summed E-state index contributed by atoms with van der Waals surface area (Å²) in [7, 11) is 0. The number of benzene rings is 2. The Bertz CT molecular complexity index is 2330. The van der Waals surface area contributed by atoms with Crippen LogP contribution < -0.4 is 15.8 Å². The number of nitrogens with two attached hydrogens (primary N) is 1. The van der Waals surface area contributed by atoms with Crippen LogP contribution >= 0.6 is 0 Å². The lowest BCUT2D eigenvalue weighted by molar-refractivity contribution is -0.259. The SMILES string of the molecule is CC1C=NC([C@H](Cc2cc(F)cc(F)c2)NC(=O)Cn2nc(C(F)(F)OCc3ccccn3)c3c2CCCC3)=C(c2ccc(OCc3ccccn3)c(C(N)=O)c2)C1. The van der Waals surface area contributed by atoms with Crippen molar-refractivity contribution in [1.29, 1.82) is 0 Å². The first kappa shape index (κ1) is 40.0. The summed E-state index contributed by atoms with van der Waals surface area (Å²) in [5, 5.41) is 7.20. The lowest BCUT2D eigenvalue weighted by atomic mass is 9.87. The number of aromatic nitrogens is 4. The Morgan fingerprint density at radius 1 is 0.948 bits per heavy atom. The van der Waals surface area contributed by atoms with Crippen LogP contribution in [0.2, 0.25) is 0 Å². The van der Waals surface area contributed by atoms with Crippen molar-refractivity contribution >= 4 is 23.6 Å². The van der Waals surface area contributed by atoms with Gasteiger partial charge in [-0.1, -0.05) is 25.1 Å². The molecule has 1 aliphatic carbocycles. The van der Waals surface area contributed by atoms with Crippen molar-refractivity contribution in [3.8, 4) is 5.75 Å². The molecule has 0 saturated carbocycles. The number of amides is 2. The smallest absolute Gasteiger partial charge is 0.402 e. The van der Waals surface area contributed by atoms with Gasteiger partial charge in [0.15, 0.2) is 5.69 Å². The molecule has 2 aromatic carbocycles. The van der Waals surface area contributed by atoms with Gasteiger partial charge in [0.2, 0.25) is 5.91 Å². The number of carbonyl (C=O) groups excluding carboxylic acids is 2. The minimum absolute atomic E-state index is 0.0607. The molecule has 5 aromatic rings. The van der Waals surface area contributed by atoms with E-state index in [2.05, 4.69) is 20.4 Å². The highest BCUT2D eigenvalue weighted by atomic mass is 19.3. The van der Waals surface area contributed by atoms with Gasteiger partial charge in [-0.3, -0.25) is 29.2 Å². The number of ether oxygens (including phenoxy) is 2. The van der Waals surface area contributed by atoms with E-state index in [4.69, 9.17) is 20.2 Å². The summed E-state index contributed by atoms with van der Waals surface area (Å²) >= 11 is 0. The van der Waals surface area contributed by atoms with Gasteiger partial charge < -0.3 is 20.5 Å². The Labute approximate surface area is 332 Å². The van der Waals surface area contributed by atoms with Crippen LogP contribution in [0, 0.1) is 17.6 Å². The number of fused-ring (bicyclic) bond motifs is 1. The highest BCUT2D eigenvalue weighted by Crippen LogP contribution is 2.37. The summed E-state index contributed by atoms with van der Waals surface area (Å²) < 4.78 is 72.5. The maximum absolute atomic E-state index is 15.7. The molecule has 0 saturated heterocycles. The maximum atomic E-state index is 15.7. The van der Waals surface area contributed by atoms with Gasteiger partial charge >= 0.3 is 6.11 Å². The third kappa shape index (κ3) is 9.48. The zero-order chi connectivity index (χ0) is 40.8. The van der Waals surface area contributed by atoms with Crippen molar-refractivity contribution < 1.29 is 36.6 Å². The molecule has 2 atom stereocenters. The predicted octanol–water partition coefficient (Wildman–Crippen LogP) is 7.02. The Balaban J connectivity index is 1.21. The lowest BCUT2D eigenvalue weighted by Crippen LogP contribution is -2.41. The zero-order valence-electron chi connectivity index (χ0n) is 31.6. The molecule has 0 fully saturated rings. The molecule has 58 heavy (non-hydrogen) atoms. The molecule has 3 N–H and O–H groups in total. The van der Waals surface area contributed by atoms with Crippen LogP contribution in [0.25, 0.3) is 5.57 Å². The molecule has 7 rings (SSSR count). The van der Waals surface area contributed by atoms with Crippen LogP contribution in [0.15, 0.2) is 95.9 Å². The van der Waals surface area contributed by atoms with Crippen molar-refractivity contribution in [1.82, 2.24) is 25.1 Å². The van der Waals surface area contributed by atoms with Crippen LogP contribution in [0.3, 0.4) is 0 Å². The first-order valence-electron chi connectivity index (χ1n) is 18.9. The minimum Gasteiger partial charge on any atom is -0.486 e. The summed E-state index contributed by atoms with van der Waals surface area (Å²) in [5.41, 5.74) is 9.03. The number of primary amides is 1. The lowest BCUT2D eigenvalue weighted by Gasteiger charge is -2.27. The van der Waals surface area contributed by atoms with Crippen LogP contribution in [0.4, 0.5) is 17.6 Å². The normalized spacial score (nSPS) is 15.8. The molecule has 300 valence electrons. The number of nitrogens with one attached hydrogen (secondary N) is 1. The number of hydrogen-bond acceptors (Lipinski definition) is 8. The number of aliphatic imine (C=N–C) groups is 1. The second-order valence-electron chi connectivity index (χ2n) is 14.4. The van der Waals surface area contributed by atoms with E-state index in [1.54, 1.807) is 60.9 Å². The average Bonchev–Trinajstić information content (AvgIpc) is 3.58. The number of rotatable bonds is 15. The van der Waals surface area contributed by atoms with E-state index >= 15 is 8.78 Å². The summed E-state index contributed by atoms with van der Waals surface area (Å²) in [6, 6.07) is 17.4. The average molecular weight is 796 g/mol. The number of halogens is 4. The van der Waals surface area contributed by atoms with Crippen molar-refractivity contribution in [2.75, 3.05) is 0 Å². The monoisotopic (exact) mass is 795 g/mol. The molecule has 0 spiro atoms. The van der Waals surface area contributed by atoms with Gasteiger partial charge in [0.25, 0.3) is 5.91 Å². The fourth-order valence-corrected chi connectivity index (χ4v) is 7.31. The largest absolute Gasteiger partial charge is 0.486 e. The predicted molar refractivity (Wildman–Crippen MR) is 207 cm³/mol. The minimum atomic E-state index is -3.76. The number of nitrogens with zero attached hydrogens (tertiary/aromatic N) is 5. The quantitative estimate of drug-likeness (QED) is 0.108. The van der Waals surface area contributed by atoms with Crippen LogP contribution in [0.1, 0.15) is 76.0 Å². The maximum Gasteiger partial charge on any atom is 0.402 e. The highest BCUT2D eigenvalue weighted by Gasteiger charge is 2.41. The fourth-order valence-electron chi connectivity index (χ4n) is 7.31. The molecule has 4 heterocycles. The molecule has 11 nitrogen and oxygen atoms in total. The fraction of sp³-hybridized carbons (Fsp3) is 0.302. The molecule has 3 aromatic heterocycles. The van der Waals surface area contributed by atoms with Crippen molar-refractivity contribution in [2.45, 2.75) is 77.4 Å². The summed E-state index contributed by atoms with van der Waals surface area (Å²) in [6.45, 7) is 1.16.